The number of halogens is 1. The highest BCUT2D eigenvalue weighted by Crippen LogP contribution is 2.20. The van der Waals surface area contributed by atoms with Crippen LogP contribution in [0.1, 0.15) is 0 Å². The summed E-state index contributed by atoms with van der Waals surface area (Å²) >= 11 is 5.95. The van der Waals surface area contributed by atoms with E-state index in [1.165, 1.54) is 16.7 Å². The number of hydrogen-bond acceptors (Lipinski definition) is 5. The molecule has 2 aromatic rings. The van der Waals surface area contributed by atoms with Crippen LogP contribution in [-0.2, 0) is 10.0 Å². The van der Waals surface area contributed by atoms with Crippen molar-refractivity contribution in [2.45, 2.75) is 5.16 Å². The Balaban J connectivity index is 1.71. The number of anilines is 1. The molecule has 0 atom stereocenters. The molecule has 0 unspecified atom stereocenters. The summed E-state index contributed by atoms with van der Waals surface area (Å²) in [6.07, 6.45) is 4.57. The number of pyridine rings is 1. The molecule has 0 bridgehead atoms. The van der Waals surface area contributed by atoms with Gasteiger partial charge in [0.1, 0.15) is 5.82 Å². The molecule has 0 spiro atoms. The fourth-order valence-corrected chi connectivity index (χ4v) is 3.69. The predicted octanol–water partition coefficient (Wildman–Crippen LogP) is 0.969. The van der Waals surface area contributed by atoms with Crippen LogP contribution in [0.15, 0.2) is 35.9 Å². The molecule has 9 heteroatoms. The summed E-state index contributed by atoms with van der Waals surface area (Å²) in [5, 5.41) is 0.600. The van der Waals surface area contributed by atoms with E-state index in [4.69, 9.17) is 11.6 Å². The normalized spacial score (nSPS) is 17.1. The van der Waals surface area contributed by atoms with Crippen LogP contribution in [0, 0.1) is 0 Å². The molecular formula is C12H14ClN5O2S. The number of aromatic amines is 1. The molecule has 1 aliphatic rings. The van der Waals surface area contributed by atoms with Crippen LogP contribution < -0.4 is 4.90 Å². The highest BCUT2D eigenvalue weighted by Gasteiger charge is 2.30. The van der Waals surface area contributed by atoms with Crippen molar-refractivity contribution in [1.82, 2.24) is 19.3 Å². The van der Waals surface area contributed by atoms with Crippen LogP contribution in [-0.4, -0.2) is 53.9 Å². The number of nitrogens with zero attached hydrogens (tertiary/aromatic N) is 4. The Morgan fingerprint density at radius 2 is 1.90 bits per heavy atom. The molecular weight excluding hydrogens is 314 g/mol. The number of nitrogens with one attached hydrogen (secondary N) is 1. The van der Waals surface area contributed by atoms with Crippen LogP contribution in [0.3, 0.4) is 0 Å². The van der Waals surface area contributed by atoms with Crippen molar-refractivity contribution >= 4 is 27.4 Å². The van der Waals surface area contributed by atoms with Gasteiger partial charge >= 0.3 is 0 Å². The van der Waals surface area contributed by atoms with E-state index < -0.39 is 10.0 Å². The average Bonchev–Trinajstić information content (AvgIpc) is 3.02. The van der Waals surface area contributed by atoms with Gasteiger partial charge < -0.3 is 9.88 Å². The third kappa shape index (κ3) is 2.87. The van der Waals surface area contributed by atoms with Gasteiger partial charge in [-0.2, -0.15) is 4.31 Å². The third-order valence-electron chi connectivity index (χ3n) is 3.33. The first kappa shape index (κ1) is 14.3. The summed E-state index contributed by atoms with van der Waals surface area (Å²) in [6.45, 7) is 1.90. The Morgan fingerprint density at radius 1 is 1.14 bits per heavy atom. The summed E-state index contributed by atoms with van der Waals surface area (Å²) < 4.78 is 26.1. The number of hydrogen-bond donors (Lipinski definition) is 1. The van der Waals surface area contributed by atoms with Gasteiger partial charge in [0.05, 0.1) is 0 Å². The molecule has 0 aliphatic carbocycles. The van der Waals surface area contributed by atoms with Crippen LogP contribution in [0.5, 0.6) is 0 Å². The lowest BCUT2D eigenvalue weighted by molar-refractivity contribution is 0.381. The zero-order valence-corrected chi connectivity index (χ0v) is 12.7. The molecule has 1 saturated heterocycles. The van der Waals surface area contributed by atoms with Crippen LogP contribution in [0.4, 0.5) is 5.82 Å². The van der Waals surface area contributed by atoms with Crippen molar-refractivity contribution in [2.75, 3.05) is 31.1 Å². The molecule has 2 aromatic heterocycles. The van der Waals surface area contributed by atoms with E-state index in [-0.39, 0.29) is 5.16 Å². The molecule has 0 radical (unpaired) electrons. The number of imidazole rings is 1. The number of aromatic nitrogens is 3. The molecule has 21 heavy (non-hydrogen) atoms. The fourth-order valence-electron chi connectivity index (χ4n) is 2.24. The Bertz CT molecular complexity index is 711. The van der Waals surface area contributed by atoms with Gasteiger partial charge in [-0.25, -0.2) is 18.4 Å². The van der Waals surface area contributed by atoms with Gasteiger partial charge in [0, 0.05) is 49.8 Å². The van der Waals surface area contributed by atoms with Crippen LogP contribution >= 0.6 is 11.6 Å². The van der Waals surface area contributed by atoms with E-state index in [2.05, 4.69) is 15.0 Å². The maximum absolute atomic E-state index is 12.3. The van der Waals surface area contributed by atoms with Gasteiger partial charge in [-0.15, -0.1) is 0 Å². The molecule has 7 nitrogen and oxygen atoms in total. The Kier molecular flexibility index (Phi) is 3.83. The molecule has 3 rings (SSSR count). The summed E-state index contributed by atoms with van der Waals surface area (Å²) in [5.74, 6) is 0.762. The quantitative estimate of drug-likeness (QED) is 0.908. The van der Waals surface area contributed by atoms with Crippen molar-refractivity contribution < 1.29 is 8.42 Å². The third-order valence-corrected chi connectivity index (χ3v) is 5.32. The van der Waals surface area contributed by atoms with E-state index in [1.807, 2.05) is 4.90 Å². The molecule has 1 fully saturated rings. The molecule has 1 aliphatic heterocycles. The van der Waals surface area contributed by atoms with E-state index >= 15 is 0 Å². The zero-order valence-electron chi connectivity index (χ0n) is 11.1. The minimum absolute atomic E-state index is 0.0168. The highest BCUT2D eigenvalue weighted by molar-refractivity contribution is 7.88. The molecule has 112 valence electrons. The standard InChI is InChI=1S/C12H14ClN5O2S/c13-10-1-2-14-11(9-10)17-5-7-18(8-6-17)21(19,20)12-15-3-4-16-12/h1-4,9H,5-8H2,(H,15,16). The number of rotatable bonds is 3. The first-order valence-corrected chi connectivity index (χ1v) is 8.25. The minimum atomic E-state index is -3.54. The smallest absolute Gasteiger partial charge is 0.276 e. The summed E-state index contributed by atoms with van der Waals surface area (Å²) in [4.78, 5) is 12.7. The zero-order chi connectivity index (χ0) is 14.9. The van der Waals surface area contributed by atoms with Crippen molar-refractivity contribution in [3.8, 4) is 0 Å². The van der Waals surface area contributed by atoms with Gasteiger partial charge in [0.2, 0.25) is 5.16 Å². The lowest BCUT2D eigenvalue weighted by atomic mass is 10.3. The van der Waals surface area contributed by atoms with Crippen molar-refractivity contribution in [2.24, 2.45) is 0 Å². The second-order valence-electron chi connectivity index (χ2n) is 4.62. The molecule has 0 amide bonds. The molecule has 3 heterocycles. The first-order valence-electron chi connectivity index (χ1n) is 6.43. The first-order chi connectivity index (χ1) is 10.1. The summed E-state index contributed by atoms with van der Waals surface area (Å²) in [7, 11) is -3.54. The molecule has 1 N–H and O–H groups in total. The maximum Gasteiger partial charge on any atom is 0.276 e. The Labute approximate surface area is 127 Å². The van der Waals surface area contributed by atoms with Crippen molar-refractivity contribution in [3.05, 3.63) is 35.7 Å². The van der Waals surface area contributed by atoms with Crippen molar-refractivity contribution in [3.63, 3.8) is 0 Å². The second kappa shape index (κ2) is 5.63. The lowest BCUT2D eigenvalue weighted by Gasteiger charge is -2.34. The van der Waals surface area contributed by atoms with Crippen LogP contribution in [0.25, 0.3) is 0 Å². The molecule has 0 saturated carbocycles. The van der Waals surface area contributed by atoms with Crippen LogP contribution in [0.2, 0.25) is 5.02 Å². The summed E-state index contributed by atoms with van der Waals surface area (Å²) in [6, 6.07) is 3.49. The average molecular weight is 328 g/mol. The van der Waals surface area contributed by atoms with E-state index in [1.54, 1.807) is 18.3 Å². The van der Waals surface area contributed by atoms with E-state index in [0.29, 0.717) is 31.2 Å². The van der Waals surface area contributed by atoms with Gasteiger partial charge in [0.15, 0.2) is 0 Å². The van der Waals surface area contributed by atoms with Gasteiger partial charge in [-0.1, -0.05) is 11.6 Å². The van der Waals surface area contributed by atoms with Gasteiger partial charge in [-0.3, -0.25) is 0 Å². The van der Waals surface area contributed by atoms with Gasteiger partial charge in [0.25, 0.3) is 10.0 Å². The fraction of sp³-hybridized carbons (Fsp3) is 0.333. The topological polar surface area (TPSA) is 82.2 Å². The number of piperazine rings is 1. The Morgan fingerprint density at radius 3 is 2.52 bits per heavy atom. The number of sulfonamides is 1. The molecule has 0 aromatic carbocycles. The second-order valence-corrected chi connectivity index (χ2v) is 6.91. The van der Waals surface area contributed by atoms with E-state index in [0.717, 1.165) is 5.82 Å². The van der Waals surface area contributed by atoms with E-state index in [9.17, 15) is 8.42 Å². The SMILES string of the molecule is O=S(=O)(c1ncc[nH]1)N1CCN(c2cc(Cl)ccn2)CC1. The highest BCUT2D eigenvalue weighted by atomic mass is 35.5. The maximum atomic E-state index is 12.3. The predicted molar refractivity (Wildman–Crippen MR) is 78.8 cm³/mol. The van der Waals surface area contributed by atoms with Gasteiger partial charge in [-0.05, 0) is 12.1 Å². The monoisotopic (exact) mass is 327 g/mol. The lowest BCUT2D eigenvalue weighted by Crippen LogP contribution is -2.49. The summed E-state index contributed by atoms with van der Waals surface area (Å²) in [5.41, 5.74) is 0. The minimum Gasteiger partial charge on any atom is -0.354 e. The van der Waals surface area contributed by atoms with Crippen molar-refractivity contribution in [1.29, 1.82) is 0 Å². The largest absolute Gasteiger partial charge is 0.354 e. The Hall–Kier alpha value is -1.64. The number of H-pyrrole nitrogens is 1.